The summed E-state index contributed by atoms with van der Waals surface area (Å²) in [6, 6.07) is 0. The van der Waals surface area contributed by atoms with Gasteiger partial charge in [-0.25, -0.2) is 0 Å². The highest BCUT2D eigenvalue weighted by molar-refractivity contribution is 4.88. The molecule has 2 nitrogen and oxygen atoms in total. The Labute approximate surface area is 101 Å². The molecule has 0 bridgehead atoms. The van der Waals surface area contributed by atoms with E-state index in [1.165, 1.54) is 45.2 Å². The average Bonchev–Trinajstić information content (AvgIpc) is 2.98. The van der Waals surface area contributed by atoms with E-state index in [2.05, 4.69) is 18.7 Å². The molecule has 16 heavy (non-hydrogen) atoms. The van der Waals surface area contributed by atoms with E-state index >= 15 is 0 Å². The highest BCUT2D eigenvalue weighted by atomic mass is 15.2. The topological polar surface area (TPSA) is 29.3 Å². The second-order valence-electron chi connectivity index (χ2n) is 6.48. The molecule has 0 radical (unpaired) electrons. The van der Waals surface area contributed by atoms with Gasteiger partial charge in [0.15, 0.2) is 0 Å². The largest absolute Gasteiger partial charge is 0.324 e. The molecule has 2 saturated carbocycles. The monoisotopic (exact) mass is 224 g/mol. The zero-order valence-electron chi connectivity index (χ0n) is 11.0. The van der Waals surface area contributed by atoms with Crippen LogP contribution in [0, 0.1) is 11.8 Å². The summed E-state index contributed by atoms with van der Waals surface area (Å²) in [7, 11) is 0. The number of hydrogen-bond donors (Lipinski definition) is 1. The third-order valence-electron chi connectivity index (χ3n) is 3.83. The quantitative estimate of drug-likeness (QED) is 0.687. The maximum absolute atomic E-state index is 6.38. The number of nitrogens with zero attached hydrogens (tertiary/aromatic N) is 1. The fourth-order valence-corrected chi connectivity index (χ4v) is 2.70. The smallest absolute Gasteiger partial charge is 0.0254 e. The first-order valence-electron chi connectivity index (χ1n) is 7.10. The van der Waals surface area contributed by atoms with Crippen LogP contribution < -0.4 is 5.73 Å². The zero-order valence-corrected chi connectivity index (χ0v) is 11.0. The van der Waals surface area contributed by atoms with Gasteiger partial charge in [0, 0.05) is 25.2 Å². The fourth-order valence-electron chi connectivity index (χ4n) is 2.70. The van der Waals surface area contributed by atoms with Gasteiger partial charge in [-0.05, 0) is 50.9 Å². The lowest BCUT2D eigenvalue weighted by Gasteiger charge is -2.32. The van der Waals surface area contributed by atoms with Crippen molar-refractivity contribution in [2.75, 3.05) is 19.6 Å². The van der Waals surface area contributed by atoms with Gasteiger partial charge in [0.2, 0.25) is 0 Å². The van der Waals surface area contributed by atoms with Gasteiger partial charge in [-0.2, -0.15) is 0 Å². The van der Waals surface area contributed by atoms with Crippen LogP contribution in [0.2, 0.25) is 0 Å². The van der Waals surface area contributed by atoms with E-state index in [-0.39, 0.29) is 5.54 Å². The van der Waals surface area contributed by atoms with Gasteiger partial charge in [0.1, 0.15) is 0 Å². The van der Waals surface area contributed by atoms with Crippen LogP contribution in [-0.2, 0) is 0 Å². The van der Waals surface area contributed by atoms with Crippen LogP contribution >= 0.6 is 0 Å². The Hall–Kier alpha value is -0.0800. The number of rotatable bonds is 8. The minimum atomic E-state index is 0.0263. The molecule has 0 aromatic heterocycles. The third kappa shape index (κ3) is 4.42. The molecular formula is C14H28N2. The van der Waals surface area contributed by atoms with E-state index in [4.69, 9.17) is 5.73 Å². The Morgan fingerprint density at radius 2 is 1.62 bits per heavy atom. The molecule has 0 heterocycles. The van der Waals surface area contributed by atoms with Gasteiger partial charge in [-0.1, -0.05) is 13.3 Å². The summed E-state index contributed by atoms with van der Waals surface area (Å²) in [5.74, 6) is 1.99. The average molecular weight is 224 g/mol. The molecule has 94 valence electrons. The Balaban J connectivity index is 1.78. The molecule has 0 amide bonds. The second-order valence-corrected chi connectivity index (χ2v) is 6.48. The highest BCUT2D eigenvalue weighted by Gasteiger charge is 2.31. The maximum Gasteiger partial charge on any atom is 0.0254 e. The van der Waals surface area contributed by atoms with Crippen molar-refractivity contribution in [3.05, 3.63) is 0 Å². The third-order valence-corrected chi connectivity index (χ3v) is 3.83. The van der Waals surface area contributed by atoms with E-state index in [9.17, 15) is 0 Å². The molecule has 2 heteroatoms. The van der Waals surface area contributed by atoms with Crippen molar-refractivity contribution in [3.63, 3.8) is 0 Å². The fraction of sp³-hybridized carbons (Fsp3) is 1.00. The Morgan fingerprint density at radius 3 is 2.00 bits per heavy atom. The van der Waals surface area contributed by atoms with Gasteiger partial charge >= 0.3 is 0 Å². The molecule has 0 aromatic carbocycles. The Kier molecular flexibility index (Phi) is 3.91. The molecule has 2 N–H and O–H groups in total. The summed E-state index contributed by atoms with van der Waals surface area (Å²) in [4.78, 5) is 2.66. The standard InChI is InChI=1S/C14H28N2/c1-3-8-14(2,15)11-16(9-12-4-5-12)10-13-6-7-13/h12-13H,3-11,15H2,1-2H3. The van der Waals surface area contributed by atoms with E-state index in [1.807, 2.05) is 0 Å². The predicted molar refractivity (Wildman–Crippen MR) is 69.4 cm³/mol. The molecule has 0 aliphatic heterocycles. The van der Waals surface area contributed by atoms with Crippen molar-refractivity contribution in [1.29, 1.82) is 0 Å². The normalized spacial score (nSPS) is 24.8. The van der Waals surface area contributed by atoms with E-state index in [1.54, 1.807) is 0 Å². The summed E-state index contributed by atoms with van der Waals surface area (Å²) < 4.78 is 0. The first-order valence-corrected chi connectivity index (χ1v) is 7.10. The molecule has 0 aromatic rings. The lowest BCUT2D eigenvalue weighted by atomic mass is 9.96. The van der Waals surface area contributed by atoms with Crippen molar-refractivity contribution in [2.24, 2.45) is 17.6 Å². The molecule has 1 unspecified atom stereocenters. The van der Waals surface area contributed by atoms with Crippen LogP contribution in [-0.4, -0.2) is 30.1 Å². The summed E-state index contributed by atoms with van der Waals surface area (Å²) in [6.07, 6.45) is 8.17. The second kappa shape index (κ2) is 5.05. The lowest BCUT2D eigenvalue weighted by molar-refractivity contribution is 0.195. The molecule has 2 fully saturated rings. The molecule has 0 spiro atoms. The Bertz CT molecular complexity index is 203. The lowest BCUT2D eigenvalue weighted by Crippen LogP contribution is -2.48. The predicted octanol–water partition coefficient (Wildman–Crippen LogP) is 2.63. The van der Waals surface area contributed by atoms with Gasteiger partial charge in [0.25, 0.3) is 0 Å². The summed E-state index contributed by atoms with van der Waals surface area (Å²) in [5, 5.41) is 0. The van der Waals surface area contributed by atoms with Gasteiger partial charge < -0.3 is 10.6 Å². The highest BCUT2D eigenvalue weighted by Crippen LogP contribution is 2.34. The molecular weight excluding hydrogens is 196 g/mol. The van der Waals surface area contributed by atoms with Crippen molar-refractivity contribution < 1.29 is 0 Å². The molecule has 2 aliphatic rings. The molecule has 0 saturated heterocycles. The van der Waals surface area contributed by atoms with E-state index < -0.39 is 0 Å². The zero-order chi connectivity index (χ0) is 11.6. The summed E-state index contributed by atoms with van der Waals surface area (Å²) in [5.41, 5.74) is 6.41. The summed E-state index contributed by atoms with van der Waals surface area (Å²) >= 11 is 0. The van der Waals surface area contributed by atoms with Crippen LogP contribution in [0.5, 0.6) is 0 Å². The van der Waals surface area contributed by atoms with Crippen LogP contribution in [0.4, 0.5) is 0 Å². The molecule has 1 atom stereocenters. The van der Waals surface area contributed by atoms with E-state index in [0.29, 0.717) is 0 Å². The minimum absolute atomic E-state index is 0.0263. The van der Waals surface area contributed by atoms with Crippen LogP contribution in [0.25, 0.3) is 0 Å². The first-order chi connectivity index (χ1) is 7.59. The van der Waals surface area contributed by atoms with Gasteiger partial charge in [-0.3, -0.25) is 0 Å². The van der Waals surface area contributed by atoms with Crippen LogP contribution in [0.15, 0.2) is 0 Å². The number of hydrogen-bond acceptors (Lipinski definition) is 2. The van der Waals surface area contributed by atoms with Crippen molar-refractivity contribution >= 4 is 0 Å². The van der Waals surface area contributed by atoms with Crippen molar-refractivity contribution in [2.45, 2.75) is 57.9 Å². The van der Waals surface area contributed by atoms with Gasteiger partial charge in [0.05, 0.1) is 0 Å². The van der Waals surface area contributed by atoms with E-state index in [0.717, 1.165) is 24.8 Å². The van der Waals surface area contributed by atoms with Crippen LogP contribution in [0.3, 0.4) is 0 Å². The Morgan fingerprint density at radius 1 is 1.12 bits per heavy atom. The summed E-state index contributed by atoms with van der Waals surface area (Å²) in [6.45, 7) is 8.19. The van der Waals surface area contributed by atoms with Crippen molar-refractivity contribution in [3.8, 4) is 0 Å². The van der Waals surface area contributed by atoms with Gasteiger partial charge in [-0.15, -0.1) is 0 Å². The molecule has 2 rings (SSSR count). The molecule has 2 aliphatic carbocycles. The van der Waals surface area contributed by atoms with Crippen molar-refractivity contribution in [1.82, 2.24) is 4.90 Å². The van der Waals surface area contributed by atoms with Crippen LogP contribution in [0.1, 0.15) is 52.4 Å². The SMILES string of the molecule is CCCC(C)(N)CN(CC1CC1)CC1CC1. The maximum atomic E-state index is 6.38. The number of nitrogens with two attached hydrogens (primary N) is 1. The minimum Gasteiger partial charge on any atom is -0.324 e. The first kappa shape index (κ1) is 12.4.